The third-order valence-electron chi connectivity index (χ3n) is 2.84. The summed E-state index contributed by atoms with van der Waals surface area (Å²) in [5.74, 6) is 1.29. The average Bonchev–Trinajstić information content (AvgIpc) is 2.83. The third kappa shape index (κ3) is 2.14. The summed E-state index contributed by atoms with van der Waals surface area (Å²) in [4.78, 5) is 0. The van der Waals surface area contributed by atoms with Crippen LogP contribution in [0.1, 0.15) is 12.5 Å². The van der Waals surface area contributed by atoms with Crippen LogP contribution in [0.4, 0.5) is 0 Å². The van der Waals surface area contributed by atoms with Crippen molar-refractivity contribution in [2.75, 3.05) is 6.61 Å². The molecule has 0 aliphatic heterocycles. The zero-order valence-corrected chi connectivity index (χ0v) is 10.9. The molecule has 2 aromatic heterocycles. The van der Waals surface area contributed by atoms with Crippen LogP contribution in [0, 0.1) is 6.92 Å². The van der Waals surface area contributed by atoms with Crippen molar-refractivity contribution in [1.82, 2.24) is 19.8 Å². The number of hydrogen-bond acceptors (Lipinski definition) is 4. The Bertz CT molecular complexity index is 703. The number of nitrogens with zero attached hydrogens (tertiary/aromatic N) is 4. The van der Waals surface area contributed by atoms with Gasteiger partial charge in [0.25, 0.3) is 0 Å². The van der Waals surface area contributed by atoms with Gasteiger partial charge in [0.15, 0.2) is 11.5 Å². The van der Waals surface area contributed by atoms with E-state index in [0.29, 0.717) is 18.1 Å². The van der Waals surface area contributed by atoms with Crippen molar-refractivity contribution in [3.8, 4) is 17.3 Å². The van der Waals surface area contributed by atoms with Crippen LogP contribution >= 0.6 is 0 Å². The molecule has 0 bridgehead atoms. The maximum Gasteiger partial charge on any atom is 0.231 e. The lowest BCUT2D eigenvalue weighted by Gasteiger charge is -2.03. The minimum atomic E-state index is 0.572. The minimum absolute atomic E-state index is 0.572. The molecule has 3 aromatic rings. The number of rotatable bonds is 3. The molecular weight excluding hydrogens is 240 g/mol. The van der Waals surface area contributed by atoms with Gasteiger partial charge in [-0.1, -0.05) is 29.8 Å². The van der Waals surface area contributed by atoms with Crippen LogP contribution in [0.2, 0.25) is 0 Å². The van der Waals surface area contributed by atoms with Crippen LogP contribution in [0.25, 0.3) is 17.0 Å². The van der Waals surface area contributed by atoms with Crippen molar-refractivity contribution >= 4 is 5.65 Å². The minimum Gasteiger partial charge on any atom is -0.477 e. The van der Waals surface area contributed by atoms with E-state index < -0.39 is 0 Å². The fourth-order valence-electron chi connectivity index (χ4n) is 1.88. The molecule has 0 aliphatic carbocycles. The first-order chi connectivity index (χ1) is 9.28. The summed E-state index contributed by atoms with van der Waals surface area (Å²) >= 11 is 0. The molecule has 0 spiro atoms. The molecule has 0 unspecified atom stereocenters. The van der Waals surface area contributed by atoms with Gasteiger partial charge in [0.1, 0.15) is 0 Å². The average molecular weight is 254 g/mol. The van der Waals surface area contributed by atoms with Gasteiger partial charge in [-0.3, -0.25) is 0 Å². The fraction of sp³-hybridized carbons (Fsp3) is 0.214. The number of benzene rings is 1. The van der Waals surface area contributed by atoms with Crippen molar-refractivity contribution in [3.63, 3.8) is 0 Å². The number of fused-ring (bicyclic) bond motifs is 1. The molecule has 2 heterocycles. The van der Waals surface area contributed by atoms with Gasteiger partial charge in [-0.05, 0) is 19.9 Å². The summed E-state index contributed by atoms with van der Waals surface area (Å²) in [6, 6.07) is 11.8. The lowest BCUT2D eigenvalue weighted by atomic mass is 10.1. The van der Waals surface area contributed by atoms with E-state index in [2.05, 4.69) is 22.2 Å². The van der Waals surface area contributed by atoms with Crippen LogP contribution < -0.4 is 4.74 Å². The standard InChI is InChI=1S/C14H14N4O/c1-3-19-13-9-8-12-15-16-14(18(12)17-13)11-6-4-10(2)5-7-11/h4-9H,3H2,1-2H3. The topological polar surface area (TPSA) is 52.3 Å². The first-order valence-electron chi connectivity index (χ1n) is 6.20. The predicted molar refractivity (Wildman–Crippen MR) is 72.1 cm³/mol. The molecule has 0 fully saturated rings. The highest BCUT2D eigenvalue weighted by atomic mass is 16.5. The second kappa shape index (κ2) is 4.68. The number of hydrogen-bond donors (Lipinski definition) is 0. The van der Waals surface area contributed by atoms with Gasteiger partial charge in [-0.2, -0.15) is 4.52 Å². The zero-order valence-electron chi connectivity index (χ0n) is 10.9. The van der Waals surface area contributed by atoms with Crippen molar-refractivity contribution in [3.05, 3.63) is 42.0 Å². The normalized spacial score (nSPS) is 10.8. The van der Waals surface area contributed by atoms with Gasteiger partial charge >= 0.3 is 0 Å². The Kier molecular flexibility index (Phi) is 2.87. The zero-order chi connectivity index (χ0) is 13.2. The fourth-order valence-corrected chi connectivity index (χ4v) is 1.88. The molecule has 19 heavy (non-hydrogen) atoms. The Morgan fingerprint density at radius 1 is 1.05 bits per heavy atom. The molecule has 0 aliphatic rings. The number of aromatic nitrogens is 4. The van der Waals surface area contributed by atoms with Gasteiger partial charge < -0.3 is 4.74 Å². The number of aryl methyl sites for hydroxylation is 1. The van der Waals surface area contributed by atoms with Gasteiger partial charge in [0.05, 0.1) is 6.61 Å². The molecule has 0 atom stereocenters. The van der Waals surface area contributed by atoms with Crippen LogP contribution in [0.5, 0.6) is 5.88 Å². The van der Waals surface area contributed by atoms with Crippen LogP contribution in [-0.4, -0.2) is 26.4 Å². The summed E-state index contributed by atoms with van der Waals surface area (Å²) in [5, 5.41) is 12.7. The Morgan fingerprint density at radius 2 is 1.84 bits per heavy atom. The lowest BCUT2D eigenvalue weighted by Crippen LogP contribution is -2.00. The lowest BCUT2D eigenvalue weighted by molar-refractivity contribution is 0.321. The molecular formula is C14H14N4O. The molecule has 0 radical (unpaired) electrons. The van der Waals surface area contributed by atoms with Crippen molar-refractivity contribution < 1.29 is 4.74 Å². The third-order valence-corrected chi connectivity index (χ3v) is 2.84. The first kappa shape index (κ1) is 11.6. The summed E-state index contributed by atoms with van der Waals surface area (Å²) < 4.78 is 7.11. The Balaban J connectivity index is 2.12. The largest absolute Gasteiger partial charge is 0.477 e. The SMILES string of the molecule is CCOc1ccc2nnc(-c3ccc(C)cc3)n2n1. The van der Waals surface area contributed by atoms with Crippen molar-refractivity contribution in [2.24, 2.45) is 0 Å². The van der Waals surface area contributed by atoms with Gasteiger partial charge in [-0.25, -0.2) is 0 Å². The van der Waals surface area contributed by atoms with E-state index in [1.807, 2.05) is 37.3 Å². The van der Waals surface area contributed by atoms with E-state index >= 15 is 0 Å². The highest BCUT2D eigenvalue weighted by Gasteiger charge is 2.09. The van der Waals surface area contributed by atoms with Crippen molar-refractivity contribution in [2.45, 2.75) is 13.8 Å². The van der Waals surface area contributed by atoms with Crippen molar-refractivity contribution in [1.29, 1.82) is 0 Å². The molecule has 0 amide bonds. The van der Waals surface area contributed by atoms with E-state index in [1.165, 1.54) is 5.56 Å². The summed E-state index contributed by atoms with van der Waals surface area (Å²) in [5.41, 5.74) is 2.90. The highest BCUT2D eigenvalue weighted by Crippen LogP contribution is 2.19. The molecule has 3 rings (SSSR count). The van der Waals surface area contributed by atoms with E-state index in [4.69, 9.17) is 4.74 Å². The highest BCUT2D eigenvalue weighted by molar-refractivity contribution is 5.59. The van der Waals surface area contributed by atoms with E-state index in [1.54, 1.807) is 10.6 Å². The van der Waals surface area contributed by atoms with Gasteiger partial charge in [-0.15, -0.1) is 15.3 Å². The van der Waals surface area contributed by atoms with E-state index in [-0.39, 0.29) is 0 Å². The molecule has 5 heteroatoms. The summed E-state index contributed by atoms with van der Waals surface area (Å²) in [6.45, 7) is 4.57. The monoisotopic (exact) mass is 254 g/mol. The maximum atomic E-state index is 5.41. The second-order valence-electron chi connectivity index (χ2n) is 4.26. The molecule has 1 aromatic carbocycles. The molecule has 0 N–H and O–H groups in total. The van der Waals surface area contributed by atoms with Crippen LogP contribution in [0.15, 0.2) is 36.4 Å². The Hall–Kier alpha value is -2.43. The van der Waals surface area contributed by atoms with Gasteiger partial charge in [0, 0.05) is 11.6 Å². The Labute approximate surface area is 110 Å². The maximum absolute atomic E-state index is 5.41. The second-order valence-corrected chi connectivity index (χ2v) is 4.26. The molecule has 0 saturated carbocycles. The quantitative estimate of drug-likeness (QED) is 0.720. The molecule has 5 nitrogen and oxygen atoms in total. The smallest absolute Gasteiger partial charge is 0.231 e. The Morgan fingerprint density at radius 3 is 2.58 bits per heavy atom. The van der Waals surface area contributed by atoms with E-state index in [0.717, 1.165) is 11.4 Å². The van der Waals surface area contributed by atoms with E-state index in [9.17, 15) is 0 Å². The number of ether oxygens (including phenoxy) is 1. The molecule has 0 saturated heterocycles. The first-order valence-corrected chi connectivity index (χ1v) is 6.20. The summed E-state index contributed by atoms with van der Waals surface area (Å²) in [6.07, 6.45) is 0. The molecule has 96 valence electrons. The predicted octanol–water partition coefficient (Wildman–Crippen LogP) is 2.50. The van der Waals surface area contributed by atoms with Crippen LogP contribution in [-0.2, 0) is 0 Å². The van der Waals surface area contributed by atoms with Crippen LogP contribution in [0.3, 0.4) is 0 Å². The van der Waals surface area contributed by atoms with Gasteiger partial charge in [0.2, 0.25) is 5.88 Å². The summed E-state index contributed by atoms with van der Waals surface area (Å²) in [7, 11) is 0.